The van der Waals surface area contributed by atoms with E-state index in [1.54, 1.807) is 0 Å². The van der Waals surface area contributed by atoms with Crippen LogP contribution in [0.25, 0.3) is 0 Å². The maximum Gasteiger partial charge on any atom is 0.408 e. The Morgan fingerprint density at radius 2 is 1.94 bits per heavy atom. The van der Waals surface area contributed by atoms with Gasteiger partial charge >= 0.3 is 6.09 Å². The molecule has 2 fully saturated rings. The van der Waals surface area contributed by atoms with Gasteiger partial charge in [0.25, 0.3) is 0 Å². The molecule has 2 aliphatic rings. The molecule has 1 amide bonds. The maximum absolute atomic E-state index is 11.8. The zero-order chi connectivity index (χ0) is 11.8. The van der Waals surface area contributed by atoms with Crippen LogP contribution < -0.4 is 5.32 Å². The Morgan fingerprint density at radius 1 is 1.38 bits per heavy atom. The van der Waals surface area contributed by atoms with Crippen molar-refractivity contribution in [3.8, 4) is 0 Å². The van der Waals surface area contributed by atoms with E-state index < -0.39 is 5.60 Å². The molecule has 16 heavy (non-hydrogen) atoms. The fourth-order valence-corrected chi connectivity index (χ4v) is 2.41. The highest BCUT2D eigenvalue weighted by Crippen LogP contribution is 2.39. The summed E-state index contributed by atoms with van der Waals surface area (Å²) in [5, 5.41) is 3.02. The van der Waals surface area contributed by atoms with Crippen molar-refractivity contribution < 1.29 is 14.3 Å². The van der Waals surface area contributed by atoms with E-state index in [9.17, 15) is 4.79 Å². The van der Waals surface area contributed by atoms with Gasteiger partial charge in [0.05, 0.1) is 12.1 Å². The van der Waals surface area contributed by atoms with Gasteiger partial charge in [0, 0.05) is 0 Å². The first-order chi connectivity index (χ1) is 7.41. The van der Waals surface area contributed by atoms with Crippen LogP contribution in [0.5, 0.6) is 0 Å². The van der Waals surface area contributed by atoms with Crippen LogP contribution in [0.4, 0.5) is 4.79 Å². The Labute approximate surface area is 96.7 Å². The van der Waals surface area contributed by atoms with E-state index in [0.29, 0.717) is 0 Å². The smallest absolute Gasteiger partial charge is 0.408 e. The quantitative estimate of drug-likeness (QED) is 0.736. The molecule has 1 aliphatic carbocycles. The van der Waals surface area contributed by atoms with Crippen LogP contribution >= 0.6 is 0 Å². The zero-order valence-electron chi connectivity index (χ0n) is 10.3. The van der Waals surface area contributed by atoms with Crippen molar-refractivity contribution in [2.75, 3.05) is 6.61 Å². The third kappa shape index (κ3) is 2.67. The lowest BCUT2D eigenvalue weighted by Gasteiger charge is -2.30. The molecule has 0 aromatic carbocycles. The maximum atomic E-state index is 11.8. The van der Waals surface area contributed by atoms with Crippen molar-refractivity contribution in [2.24, 2.45) is 0 Å². The Balaban J connectivity index is 1.93. The highest BCUT2D eigenvalue weighted by molar-refractivity contribution is 5.69. The lowest BCUT2D eigenvalue weighted by molar-refractivity contribution is 0.0434. The number of carbonyl (C=O) groups is 1. The molecule has 0 aromatic heterocycles. The van der Waals surface area contributed by atoms with Crippen molar-refractivity contribution >= 4 is 6.09 Å². The molecule has 0 bridgehead atoms. The molecule has 1 saturated heterocycles. The normalized spacial score (nSPS) is 27.6. The van der Waals surface area contributed by atoms with Crippen LogP contribution in [0.1, 0.15) is 46.5 Å². The van der Waals surface area contributed by atoms with Crippen LogP contribution in [-0.4, -0.2) is 29.9 Å². The van der Waals surface area contributed by atoms with E-state index >= 15 is 0 Å². The van der Waals surface area contributed by atoms with E-state index in [2.05, 4.69) is 5.32 Å². The van der Waals surface area contributed by atoms with Crippen molar-refractivity contribution in [3.05, 3.63) is 0 Å². The Kier molecular flexibility index (Phi) is 2.86. The summed E-state index contributed by atoms with van der Waals surface area (Å²) in [6, 6.07) is 0. The predicted molar refractivity (Wildman–Crippen MR) is 60.3 cm³/mol. The Morgan fingerprint density at radius 3 is 2.38 bits per heavy atom. The number of alkyl carbamates (subject to hydrolysis) is 1. The zero-order valence-corrected chi connectivity index (χ0v) is 10.3. The summed E-state index contributed by atoms with van der Waals surface area (Å²) in [5.74, 6) is 0. The number of rotatable bonds is 2. The van der Waals surface area contributed by atoms with Gasteiger partial charge in [-0.15, -0.1) is 0 Å². The summed E-state index contributed by atoms with van der Waals surface area (Å²) in [6.45, 7) is 6.40. The van der Waals surface area contributed by atoms with Crippen molar-refractivity contribution in [3.63, 3.8) is 0 Å². The monoisotopic (exact) mass is 227 g/mol. The molecule has 1 N–H and O–H groups in total. The van der Waals surface area contributed by atoms with E-state index in [0.717, 1.165) is 32.3 Å². The lowest BCUT2D eigenvalue weighted by atomic mass is 9.94. The first-order valence-electron chi connectivity index (χ1n) is 6.04. The van der Waals surface area contributed by atoms with Crippen molar-refractivity contribution in [2.45, 2.75) is 63.7 Å². The standard InChI is InChI=1S/C12H21NO3/c1-11(2,3)16-10(14)13-12(9-8-15-9)6-4-5-7-12/h9H,4-8H2,1-3H3,(H,13,14). The summed E-state index contributed by atoms with van der Waals surface area (Å²) in [6.07, 6.45) is 4.24. The summed E-state index contributed by atoms with van der Waals surface area (Å²) >= 11 is 0. The molecule has 0 radical (unpaired) electrons. The topological polar surface area (TPSA) is 50.9 Å². The van der Waals surface area contributed by atoms with Gasteiger partial charge in [0.2, 0.25) is 0 Å². The number of hydrogen-bond acceptors (Lipinski definition) is 3. The van der Waals surface area contributed by atoms with Gasteiger partial charge in [-0.05, 0) is 33.6 Å². The number of amides is 1. The molecule has 1 heterocycles. The first-order valence-corrected chi connectivity index (χ1v) is 6.04. The molecule has 1 unspecified atom stereocenters. The van der Waals surface area contributed by atoms with Crippen LogP contribution in [0, 0.1) is 0 Å². The number of ether oxygens (including phenoxy) is 2. The second-order valence-electron chi connectivity index (χ2n) is 5.81. The largest absolute Gasteiger partial charge is 0.444 e. The SMILES string of the molecule is CC(C)(C)OC(=O)NC1(C2CO2)CCCC1. The summed E-state index contributed by atoms with van der Waals surface area (Å²) in [5.41, 5.74) is -0.587. The van der Waals surface area contributed by atoms with Crippen molar-refractivity contribution in [1.29, 1.82) is 0 Å². The average Bonchev–Trinajstić information content (AvgIpc) is 2.86. The minimum absolute atomic E-state index is 0.150. The second-order valence-corrected chi connectivity index (χ2v) is 5.81. The lowest BCUT2D eigenvalue weighted by Crippen LogP contribution is -2.52. The number of nitrogens with one attached hydrogen (secondary N) is 1. The fraction of sp³-hybridized carbons (Fsp3) is 0.917. The van der Waals surface area contributed by atoms with E-state index in [-0.39, 0.29) is 17.7 Å². The molecule has 92 valence electrons. The van der Waals surface area contributed by atoms with Crippen LogP contribution in [-0.2, 0) is 9.47 Å². The predicted octanol–water partition coefficient (Wildman–Crippen LogP) is 2.22. The van der Waals surface area contributed by atoms with Crippen molar-refractivity contribution in [1.82, 2.24) is 5.32 Å². The van der Waals surface area contributed by atoms with Gasteiger partial charge in [0.15, 0.2) is 0 Å². The van der Waals surface area contributed by atoms with Gasteiger partial charge in [0.1, 0.15) is 11.7 Å². The van der Waals surface area contributed by atoms with Gasteiger partial charge in [-0.25, -0.2) is 4.79 Å². The first kappa shape index (κ1) is 11.7. The third-order valence-corrected chi connectivity index (χ3v) is 3.20. The minimum Gasteiger partial charge on any atom is -0.444 e. The molecule has 1 atom stereocenters. The van der Waals surface area contributed by atoms with Gasteiger partial charge in [-0.3, -0.25) is 0 Å². The third-order valence-electron chi connectivity index (χ3n) is 3.20. The van der Waals surface area contributed by atoms with Gasteiger partial charge in [-0.1, -0.05) is 12.8 Å². The highest BCUT2D eigenvalue weighted by Gasteiger charge is 2.50. The molecule has 4 nitrogen and oxygen atoms in total. The van der Waals surface area contributed by atoms with Crippen LogP contribution in [0.2, 0.25) is 0 Å². The van der Waals surface area contributed by atoms with Gasteiger partial charge in [-0.2, -0.15) is 0 Å². The molecular formula is C12H21NO3. The molecule has 0 spiro atoms. The summed E-state index contributed by atoms with van der Waals surface area (Å²) < 4.78 is 10.7. The molecule has 0 aromatic rings. The fourth-order valence-electron chi connectivity index (χ4n) is 2.41. The number of epoxide rings is 1. The van der Waals surface area contributed by atoms with E-state index in [4.69, 9.17) is 9.47 Å². The molecule has 1 aliphatic heterocycles. The van der Waals surface area contributed by atoms with E-state index in [1.165, 1.54) is 0 Å². The van der Waals surface area contributed by atoms with Crippen LogP contribution in [0.3, 0.4) is 0 Å². The Hall–Kier alpha value is -0.770. The number of carbonyl (C=O) groups excluding carboxylic acids is 1. The summed E-state index contributed by atoms with van der Waals surface area (Å²) in [4.78, 5) is 11.8. The van der Waals surface area contributed by atoms with Gasteiger partial charge < -0.3 is 14.8 Å². The minimum atomic E-state index is -0.436. The average molecular weight is 227 g/mol. The second kappa shape index (κ2) is 3.91. The number of hydrogen-bond donors (Lipinski definition) is 1. The molecular weight excluding hydrogens is 206 g/mol. The highest BCUT2D eigenvalue weighted by atomic mass is 16.6. The molecule has 2 rings (SSSR count). The van der Waals surface area contributed by atoms with Crippen LogP contribution in [0.15, 0.2) is 0 Å². The molecule has 1 saturated carbocycles. The summed E-state index contributed by atoms with van der Waals surface area (Å²) in [7, 11) is 0. The Bertz CT molecular complexity index is 272. The van der Waals surface area contributed by atoms with E-state index in [1.807, 2.05) is 20.8 Å². The molecule has 4 heteroatoms.